The van der Waals surface area contributed by atoms with E-state index in [2.05, 4.69) is 15.5 Å². The molecule has 0 aliphatic heterocycles. The van der Waals surface area contributed by atoms with E-state index < -0.39 is 11.7 Å². The molecule has 2 heterocycles. The maximum atomic E-state index is 11.7. The Hall–Kier alpha value is -2.57. The number of aryl methyl sites for hydroxylation is 1. The van der Waals surface area contributed by atoms with Gasteiger partial charge in [-0.2, -0.15) is 0 Å². The molecule has 0 saturated carbocycles. The smallest absolute Gasteiger partial charge is 0.407 e. The molecule has 0 aromatic carbocycles. The molecule has 2 rings (SSSR count). The minimum Gasteiger partial charge on any atom is -0.506 e. The molecule has 2 N–H and O–H groups in total. The molecule has 0 spiro atoms. The number of carbonyl (C=O) groups is 1. The molecular formula is C15H19N3O4. The fourth-order valence-electron chi connectivity index (χ4n) is 1.79. The van der Waals surface area contributed by atoms with Gasteiger partial charge in [0.1, 0.15) is 17.0 Å². The minimum atomic E-state index is -0.560. The van der Waals surface area contributed by atoms with E-state index in [1.165, 1.54) is 12.3 Å². The van der Waals surface area contributed by atoms with Gasteiger partial charge in [0.2, 0.25) is 0 Å². The molecule has 7 nitrogen and oxygen atoms in total. The number of amides is 1. The lowest BCUT2D eigenvalue weighted by atomic mass is 10.1. The van der Waals surface area contributed by atoms with Gasteiger partial charge in [-0.05, 0) is 39.8 Å². The molecule has 2 aromatic heterocycles. The summed E-state index contributed by atoms with van der Waals surface area (Å²) < 4.78 is 10.5. The quantitative estimate of drug-likeness (QED) is 0.905. The molecule has 0 aliphatic rings. The molecule has 22 heavy (non-hydrogen) atoms. The summed E-state index contributed by atoms with van der Waals surface area (Å²) in [6, 6.07) is 3.12. The molecule has 7 heteroatoms. The first-order valence-electron chi connectivity index (χ1n) is 6.83. The van der Waals surface area contributed by atoms with Crippen molar-refractivity contribution >= 4 is 6.09 Å². The monoisotopic (exact) mass is 305 g/mol. The van der Waals surface area contributed by atoms with Crippen molar-refractivity contribution in [1.29, 1.82) is 0 Å². The van der Waals surface area contributed by atoms with Crippen LogP contribution in [0.4, 0.5) is 4.79 Å². The lowest BCUT2D eigenvalue weighted by molar-refractivity contribution is 0.0523. The number of ether oxygens (including phenoxy) is 1. The van der Waals surface area contributed by atoms with Gasteiger partial charge < -0.3 is 19.7 Å². The first-order valence-corrected chi connectivity index (χ1v) is 6.83. The SMILES string of the molecule is Cc1noc(-c2ccc(O)cn2)c1CNC(=O)OC(C)(C)C. The van der Waals surface area contributed by atoms with Crippen molar-refractivity contribution < 1.29 is 19.2 Å². The maximum Gasteiger partial charge on any atom is 0.407 e. The largest absolute Gasteiger partial charge is 0.506 e. The maximum absolute atomic E-state index is 11.7. The van der Waals surface area contributed by atoms with Crippen molar-refractivity contribution in [3.05, 3.63) is 29.6 Å². The van der Waals surface area contributed by atoms with Crippen molar-refractivity contribution in [2.45, 2.75) is 39.8 Å². The Labute approximate surface area is 128 Å². The van der Waals surface area contributed by atoms with Crippen molar-refractivity contribution in [1.82, 2.24) is 15.5 Å². The first-order chi connectivity index (χ1) is 10.3. The lowest BCUT2D eigenvalue weighted by Gasteiger charge is -2.19. The van der Waals surface area contributed by atoms with Crippen LogP contribution in [0.1, 0.15) is 32.0 Å². The fourth-order valence-corrected chi connectivity index (χ4v) is 1.79. The van der Waals surface area contributed by atoms with Gasteiger partial charge in [-0.3, -0.25) is 0 Å². The molecule has 0 radical (unpaired) electrons. The van der Waals surface area contributed by atoms with Crippen LogP contribution in [-0.2, 0) is 11.3 Å². The van der Waals surface area contributed by atoms with Crippen LogP contribution in [0.3, 0.4) is 0 Å². The average Bonchev–Trinajstić information content (AvgIpc) is 2.77. The van der Waals surface area contributed by atoms with E-state index in [-0.39, 0.29) is 12.3 Å². The molecule has 118 valence electrons. The van der Waals surface area contributed by atoms with E-state index >= 15 is 0 Å². The Morgan fingerprint density at radius 1 is 1.41 bits per heavy atom. The number of hydrogen-bond acceptors (Lipinski definition) is 6. The number of nitrogens with one attached hydrogen (secondary N) is 1. The summed E-state index contributed by atoms with van der Waals surface area (Å²) in [5, 5.41) is 15.8. The number of aromatic hydroxyl groups is 1. The van der Waals surface area contributed by atoms with Gasteiger partial charge in [0.15, 0.2) is 5.76 Å². The summed E-state index contributed by atoms with van der Waals surface area (Å²) in [5.74, 6) is 0.516. The van der Waals surface area contributed by atoms with Crippen LogP contribution in [0.5, 0.6) is 5.75 Å². The Kier molecular flexibility index (Phi) is 4.35. The third-order valence-corrected chi connectivity index (χ3v) is 2.77. The van der Waals surface area contributed by atoms with Crippen molar-refractivity contribution in [2.75, 3.05) is 0 Å². The van der Waals surface area contributed by atoms with Gasteiger partial charge in [0.25, 0.3) is 0 Å². The Bertz CT molecular complexity index is 656. The number of pyridine rings is 1. The second kappa shape index (κ2) is 6.05. The summed E-state index contributed by atoms with van der Waals surface area (Å²) in [6.45, 7) is 7.37. The summed E-state index contributed by atoms with van der Waals surface area (Å²) >= 11 is 0. The molecule has 0 atom stereocenters. The molecule has 0 unspecified atom stereocenters. The number of nitrogens with zero attached hydrogens (tertiary/aromatic N) is 2. The molecule has 0 fully saturated rings. The van der Waals surface area contributed by atoms with Crippen LogP contribution < -0.4 is 5.32 Å². The van der Waals surface area contributed by atoms with Crippen LogP contribution in [0.15, 0.2) is 22.9 Å². The van der Waals surface area contributed by atoms with Crippen molar-refractivity contribution in [3.8, 4) is 17.2 Å². The van der Waals surface area contributed by atoms with Gasteiger partial charge >= 0.3 is 6.09 Å². The van der Waals surface area contributed by atoms with Crippen LogP contribution in [0.2, 0.25) is 0 Å². The van der Waals surface area contributed by atoms with Gasteiger partial charge in [-0.15, -0.1) is 0 Å². The number of aromatic nitrogens is 2. The van der Waals surface area contributed by atoms with Gasteiger partial charge in [-0.25, -0.2) is 9.78 Å². The molecule has 1 amide bonds. The molecule has 0 aliphatic carbocycles. The summed E-state index contributed by atoms with van der Waals surface area (Å²) in [7, 11) is 0. The van der Waals surface area contributed by atoms with E-state index in [0.29, 0.717) is 22.7 Å². The van der Waals surface area contributed by atoms with Crippen LogP contribution in [-0.4, -0.2) is 26.9 Å². The zero-order chi connectivity index (χ0) is 16.3. The van der Waals surface area contributed by atoms with E-state index in [4.69, 9.17) is 9.26 Å². The van der Waals surface area contributed by atoms with Crippen LogP contribution in [0.25, 0.3) is 11.5 Å². The zero-order valence-corrected chi connectivity index (χ0v) is 13.0. The van der Waals surface area contributed by atoms with Gasteiger partial charge in [-0.1, -0.05) is 5.16 Å². The van der Waals surface area contributed by atoms with Crippen molar-refractivity contribution in [2.24, 2.45) is 0 Å². The third kappa shape index (κ3) is 3.97. The van der Waals surface area contributed by atoms with E-state index in [9.17, 15) is 9.90 Å². The lowest BCUT2D eigenvalue weighted by Crippen LogP contribution is -2.32. The van der Waals surface area contributed by atoms with Gasteiger partial charge in [0.05, 0.1) is 18.4 Å². The second-order valence-corrected chi connectivity index (χ2v) is 5.83. The normalized spacial score (nSPS) is 11.3. The van der Waals surface area contributed by atoms with Crippen molar-refractivity contribution in [3.63, 3.8) is 0 Å². The van der Waals surface area contributed by atoms with E-state index in [1.54, 1.807) is 33.8 Å². The zero-order valence-electron chi connectivity index (χ0n) is 13.0. The summed E-state index contributed by atoms with van der Waals surface area (Å²) in [4.78, 5) is 15.8. The van der Waals surface area contributed by atoms with E-state index in [0.717, 1.165) is 0 Å². The summed E-state index contributed by atoms with van der Waals surface area (Å²) in [6.07, 6.45) is 0.802. The Balaban J connectivity index is 2.13. The molecular weight excluding hydrogens is 286 g/mol. The molecule has 0 bridgehead atoms. The van der Waals surface area contributed by atoms with Gasteiger partial charge in [0, 0.05) is 5.56 Å². The topological polar surface area (TPSA) is 97.5 Å². The summed E-state index contributed by atoms with van der Waals surface area (Å²) in [5.41, 5.74) is 1.33. The average molecular weight is 305 g/mol. The minimum absolute atomic E-state index is 0.0633. The van der Waals surface area contributed by atoms with Crippen LogP contribution >= 0.6 is 0 Å². The highest BCUT2D eigenvalue weighted by Gasteiger charge is 2.19. The Morgan fingerprint density at radius 2 is 2.14 bits per heavy atom. The highest BCUT2D eigenvalue weighted by molar-refractivity contribution is 5.68. The predicted molar refractivity (Wildman–Crippen MR) is 79.2 cm³/mol. The third-order valence-electron chi connectivity index (χ3n) is 2.77. The number of rotatable bonds is 3. The molecule has 0 saturated heterocycles. The highest BCUT2D eigenvalue weighted by Crippen LogP contribution is 2.25. The number of carbonyl (C=O) groups excluding carboxylic acids is 1. The first kappa shape index (κ1) is 15.8. The fraction of sp³-hybridized carbons (Fsp3) is 0.400. The Morgan fingerprint density at radius 3 is 2.73 bits per heavy atom. The number of alkyl carbamates (subject to hydrolysis) is 1. The second-order valence-electron chi connectivity index (χ2n) is 5.83. The molecule has 2 aromatic rings. The number of hydrogen-bond donors (Lipinski definition) is 2. The highest BCUT2D eigenvalue weighted by atomic mass is 16.6. The predicted octanol–water partition coefficient (Wildman–Crippen LogP) is 2.78. The van der Waals surface area contributed by atoms with E-state index in [1.807, 2.05) is 0 Å². The van der Waals surface area contributed by atoms with Crippen LogP contribution in [0, 0.1) is 6.92 Å². The standard InChI is InChI=1S/C15H19N3O4/c1-9-11(8-17-14(20)21-15(2,3)4)13(22-18-9)12-6-5-10(19)7-16-12/h5-7,19H,8H2,1-4H3,(H,17,20).